The molecule has 134 valence electrons. The van der Waals surface area contributed by atoms with Crippen LogP contribution in [-0.2, 0) is 14.8 Å². The highest BCUT2D eigenvalue weighted by molar-refractivity contribution is 7.90. The van der Waals surface area contributed by atoms with Gasteiger partial charge in [-0.05, 0) is 24.5 Å². The topological polar surface area (TPSA) is 89.3 Å². The second-order valence-electron chi connectivity index (χ2n) is 5.51. The first-order chi connectivity index (χ1) is 13.6. The molecule has 0 radical (unpaired) electrons. The lowest BCUT2D eigenvalue weighted by atomic mass is 10.00. The molecule has 0 aliphatic rings. The highest BCUT2D eigenvalue weighted by Gasteiger charge is 2.19. The summed E-state index contributed by atoms with van der Waals surface area (Å²) in [5.41, 5.74) is 1.69. The third-order valence-corrected chi connectivity index (χ3v) is 5.15. The Hall–Kier alpha value is -2.93. The molecule has 1 N–H and O–H groups in total. The maximum absolute atomic E-state index is 12.3. The van der Waals surface area contributed by atoms with Gasteiger partial charge in [-0.25, -0.2) is 13.1 Å². The molecular weight excluding hydrogens is 352 g/mol. The predicted octanol–water partition coefficient (Wildman–Crippen LogP) is 3.53. The zero-order valence-electron chi connectivity index (χ0n) is 16.9. The molecule has 3 aromatic rings. The zero-order chi connectivity index (χ0) is 21.2. The van der Waals surface area contributed by atoms with Crippen LogP contribution in [0.2, 0.25) is 0 Å². The van der Waals surface area contributed by atoms with Gasteiger partial charge >= 0.3 is 0 Å². The van der Waals surface area contributed by atoms with E-state index in [1.54, 1.807) is 31.2 Å². The maximum atomic E-state index is 12.3. The number of sulfonamides is 1. The van der Waals surface area contributed by atoms with Crippen LogP contribution in [0, 0.1) is 6.85 Å². The lowest BCUT2D eigenvalue weighted by molar-refractivity contribution is -0.119. The summed E-state index contributed by atoms with van der Waals surface area (Å²) in [6, 6.07) is 14.4. The molecule has 26 heavy (non-hydrogen) atoms. The molecule has 1 amide bonds. The lowest BCUT2D eigenvalue weighted by Crippen LogP contribution is -2.29. The first-order valence-corrected chi connectivity index (χ1v) is 9.33. The Bertz CT molecular complexity index is 1120. The number of carbonyl (C=O) groups is 1. The van der Waals surface area contributed by atoms with Crippen LogP contribution >= 0.6 is 0 Å². The van der Waals surface area contributed by atoms with Gasteiger partial charge in [0.2, 0.25) is 5.91 Å². The number of aryl methyl sites for hydroxylation is 1. The molecule has 0 unspecified atom stereocenters. The number of benzene rings is 2. The molecule has 6 nitrogen and oxygen atoms in total. The van der Waals surface area contributed by atoms with Crippen LogP contribution in [-0.4, -0.2) is 19.5 Å². The van der Waals surface area contributed by atoms with E-state index in [4.69, 9.17) is 8.64 Å². The number of aromatic nitrogens is 1. The number of hydrogen-bond donors (Lipinski definition) is 1. The van der Waals surface area contributed by atoms with Gasteiger partial charge in [0.15, 0.2) is 0 Å². The van der Waals surface area contributed by atoms with E-state index in [9.17, 15) is 13.2 Å². The summed E-state index contributed by atoms with van der Waals surface area (Å²) in [7, 11) is -4.01. The smallest absolute Gasteiger partial charge is 0.264 e. The Balaban J connectivity index is 2.09. The molecule has 0 aliphatic carbocycles. The molecule has 0 saturated heterocycles. The molecule has 0 aliphatic heterocycles. The predicted molar refractivity (Wildman–Crippen MR) is 97.7 cm³/mol. The first kappa shape index (κ1) is 14.3. The van der Waals surface area contributed by atoms with Gasteiger partial charge in [-0.2, -0.15) is 0 Å². The van der Waals surface area contributed by atoms with Crippen LogP contribution in [0.15, 0.2) is 64.0 Å². The van der Waals surface area contributed by atoms with E-state index in [1.165, 1.54) is 24.3 Å². The molecule has 0 bridgehead atoms. The summed E-state index contributed by atoms with van der Waals surface area (Å²) in [5.74, 6) is -0.907. The van der Waals surface area contributed by atoms with E-state index in [1.807, 2.05) is 10.8 Å². The van der Waals surface area contributed by atoms with Crippen molar-refractivity contribution in [2.75, 3.05) is 0 Å². The monoisotopic (exact) mass is 373 g/mol. The fourth-order valence-electron chi connectivity index (χ4n) is 2.43. The van der Waals surface area contributed by atoms with Gasteiger partial charge in [-0.1, -0.05) is 54.5 Å². The third kappa shape index (κ3) is 3.52. The number of nitrogens with one attached hydrogen (secondary N) is 1. The molecular formula is C19H18N2O4S. The van der Waals surface area contributed by atoms with Crippen LogP contribution in [0.3, 0.4) is 0 Å². The molecule has 3 rings (SSSR count). The van der Waals surface area contributed by atoms with Crippen molar-refractivity contribution in [1.29, 1.82) is 0 Å². The largest absolute Gasteiger partial charge is 0.360 e. The molecule has 7 heteroatoms. The van der Waals surface area contributed by atoms with Crippen LogP contribution in [0.1, 0.15) is 23.2 Å². The van der Waals surface area contributed by atoms with Gasteiger partial charge in [-0.3, -0.25) is 4.79 Å². The molecule has 1 heterocycles. The van der Waals surface area contributed by atoms with Gasteiger partial charge < -0.3 is 4.52 Å². The van der Waals surface area contributed by atoms with Crippen molar-refractivity contribution in [2.24, 2.45) is 0 Å². The Kier molecular flexibility index (Phi) is 3.91. The number of hydrogen-bond acceptors (Lipinski definition) is 5. The quantitative estimate of drug-likeness (QED) is 0.739. The van der Waals surface area contributed by atoms with E-state index >= 15 is 0 Å². The summed E-state index contributed by atoms with van der Waals surface area (Å²) in [6.45, 7) is -1.00. The van der Waals surface area contributed by atoms with Crippen molar-refractivity contribution < 1.29 is 21.8 Å². The average Bonchev–Trinajstić information content (AvgIpc) is 3.14. The van der Waals surface area contributed by atoms with Crippen molar-refractivity contribution in [3.05, 3.63) is 60.4 Å². The van der Waals surface area contributed by atoms with Gasteiger partial charge in [-0.15, -0.1) is 0 Å². The fraction of sp³-hybridized carbons (Fsp3) is 0.158. The number of rotatable bonds is 5. The summed E-state index contributed by atoms with van der Waals surface area (Å²) in [4.78, 5) is 11.3. The minimum absolute atomic E-state index is 0.0282. The normalized spacial score (nSPS) is 13.5. The average molecular weight is 373 g/mol. The number of amides is 1. The molecule has 1 aromatic heterocycles. The summed E-state index contributed by atoms with van der Waals surface area (Å²) >= 11 is 0. The SMILES string of the molecule is [2H]C([2H])([2H])c1onc(-c2ccccc2)c1-c1ccc(S(=O)(=O)NC(=O)CC)cc1. The first-order valence-electron chi connectivity index (χ1n) is 9.35. The van der Waals surface area contributed by atoms with Gasteiger partial charge in [0.25, 0.3) is 10.0 Å². The van der Waals surface area contributed by atoms with Crippen molar-refractivity contribution in [2.45, 2.75) is 25.1 Å². The second-order valence-corrected chi connectivity index (χ2v) is 7.19. The Morgan fingerprint density at radius 3 is 2.42 bits per heavy atom. The molecule has 0 spiro atoms. The number of carbonyl (C=O) groups excluding carboxylic acids is 1. The summed E-state index contributed by atoms with van der Waals surface area (Å²) in [6.07, 6.45) is 0.0282. The van der Waals surface area contributed by atoms with Crippen molar-refractivity contribution in [3.8, 4) is 22.4 Å². The van der Waals surface area contributed by atoms with Gasteiger partial charge in [0, 0.05) is 16.1 Å². The van der Waals surface area contributed by atoms with Crippen molar-refractivity contribution in [3.63, 3.8) is 0 Å². The fourth-order valence-corrected chi connectivity index (χ4v) is 3.49. The van der Waals surface area contributed by atoms with Gasteiger partial charge in [0.05, 0.1) is 10.5 Å². The van der Waals surface area contributed by atoms with Gasteiger partial charge in [0.1, 0.15) is 11.5 Å². The Labute approximate surface area is 156 Å². The summed E-state index contributed by atoms with van der Waals surface area (Å²) in [5, 5.41) is 3.94. The molecule has 2 aromatic carbocycles. The Morgan fingerprint density at radius 2 is 1.81 bits per heavy atom. The highest BCUT2D eigenvalue weighted by atomic mass is 32.2. The van der Waals surface area contributed by atoms with E-state index < -0.39 is 22.8 Å². The third-order valence-electron chi connectivity index (χ3n) is 3.76. The molecule has 0 fully saturated rings. The lowest BCUT2D eigenvalue weighted by Gasteiger charge is -2.07. The van der Waals surface area contributed by atoms with Crippen LogP contribution in [0.25, 0.3) is 22.4 Å². The maximum Gasteiger partial charge on any atom is 0.264 e. The molecule has 0 atom stereocenters. The van der Waals surface area contributed by atoms with Crippen LogP contribution in [0.5, 0.6) is 0 Å². The highest BCUT2D eigenvalue weighted by Crippen LogP contribution is 2.34. The van der Waals surface area contributed by atoms with Crippen molar-refractivity contribution >= 4 is 15.9 Å². The molecule has 0 saturated carbocycles. The number of nitrogens with zero attached hydrogens (tertiary/aromatic N) is 1. The van der Waals surface area contributed by atoms with Crippen molar-refractivity contribution in [1.82, 2.24) is 9.88 Å². The Morgan fingerprint density at radius 1 is 1.12 bits per heavy atom. The van der Waals surface area contributed by atoms with Crippen LogP contribution < -0.4 is 4.72 Å². The van der Waals surface area contributed by atoms with E-state index in [0.29, 0.717) is 16.8 Å². The minimum atomic E-state index is -4.01. The van der Waals surface area contributed by atoms with E-state index in [-0.39, 0.29) is 22.6 Å². The summed E-state index contributed by atoms with van der Waals surface area (Å²) < 4.78 is 54.8. The minimum Gasteiger partial charge on any atom is -0.360 e. The van der Waals surface area contributed by atoms with Crippen LogP contribution in [0.4, 0.5) is 0 Å². The second kappa shape index (κ2) is 7.13. The van der Waals surface area contributed by atoms with E-state index in [0.717, 1.165) is 0 Å². The standard InChI is InChI=1S/C19H18N2O4S/c1-3-17(22)21-26(23,24)16-11-9-14(10-12-16)18-13(2)25-20-19(18)15-7-5-4-6-8-15/h4-12H,3H2,1-2H3,(H,21,22)/i2D3. The zero-order valence-corrected chi connectivity index (χ0v) is 14.7. The van der Waals surface area contributed by atoms with E-state index in [2.05, 4.69) is 5.16 Å².